The van der Waals surface area contributed by atoms with Gasteiger partial charge in [-0.15, -0.1) is 11.3 Å². The predicted octanol–water partition coefficient (Wildman–Crippen LogP) is 4.32. The van der Waals surface area contributed by atoms with Gasteiger partial charge < -0.3 is 19.3 Å². The summed E-state index contributed by atoms with van der Waals surface area (Å²) in [6.07, 6.45) is 5.35. The summed E-state index contributed by atoms with van der Waals surface area (Å²) in [4.78, 5) is 26.1. The summed E-state index contributed by atoms with van der Waals surface area (Å²) in [7, 11) is 1.68. The van der Waals surface area contributed by atoms with Gasteiger partial charge in [-0.3, -0.25) is 4.79 Å². The van der Waals surface area contributed by atoms with Crippen molar-refractivity contribution < 1.29 is 9.53 Å². The molecule has 0 saturated carbocycles. The Kier molecular flexibility index (Phi) is 4.21. The monoisotopic (exact) mass is 439 g/mol. The molecule has 30 heavy (non-hydrogen) atoms. The van der Waals surface area contributed by atoms with Crippen LogP contribution in [-0.4, -0.2) is 45.3 Å². The van der Waals surface area contributed by atoms with Crippen molar-refractivity contribution >= 4 is 60.7 Å². The van der Waals surface area contributed by atoms with Crippen LogP contribution in [0.2, 0.25) is 0 Å². The minimum absolute atomic E-state index is 0.104. The number of aromatic nitrogens is 3. The van der Waals surface area contributed by atoms with Gasteiger partial charge in [0.05, 0.1) is 28.4 Å². The molecule has 1 aromatic carbocycles. The molecule has 2 aliphatic rings. The molecule has 154 valence electrons. The number of benzene rings is 1. The molecule has 0 unspecified atom stereocenters. The zero-order valence-corrected chi connectivity index (χ0v) is 18.2. The van der Waals surface area contributed by atoms with E-state index in [1.165, 1.54) is 15.1 Å². The smallest absolute Gasteiger partial charge is 0.226 e. The maximum absolute atomic E-state index is 12.7. The molecule has 7 nitrogen and oxygen atoms in total. The largest absolute Gasteiger partial charge is 0.494 e. The molecule has 2 N–H and O–H groups in total. The Morgan fingerprint density at radius 1 is 1.33 bits per heavy atom. The van der Waals surface area contributed by atoms with Gasteiger partial charge >= 0.3 is 0 Å². The fourth-order valence-corrected chi connectivity index (χ4v) is 6.29. The van der Waals surface area contributed by atoms with Crippen molar-refractivity contribution in [2.24, 2.45) is 5.92 Å². The Labute approximate surface area is 181 Å². The minimum Gasteiger partial charge on any atom is -0.494 e. The number of nitrogens with zero attached hydrogens (tertiary/aromatic N) is 3. The molecule has 6 rings (SSSR count). The van der Waals surface area contributed by atoms with Gasteiger partial charge in [0.15, 0.2) is 0 Å². The van der Waals surface area contributed by atoms with Gasteiger partial charge in [0, 0.05) is 30.0 Å². The lowest BCUT2D eigenvalue weighted by atomic mass is 9.86. The summed E-state index contributed by atoms with van der Waals surface area (Å²) < 4.78 is 9.97. The molecule has 1 aliphatic heterocycles. The Bertz CT molecular complexity index is 1270. The summed E-state index contributed by atoms with van der Waals surface area (Å²) in [5.74, 6) is 2.01. The summed E-state index contributed by atoms with van der Waals surface area (Å²) in [5.41, 5.74) is 3.28. The van der Waals surface area contributed by atoms with E-state index in [0.29, 0.717) is 5.91 Å². The number of carbonyl (C=O) groups is 1. The number of fused-ring (bicyclic) bond motifs is 4. The van der Waals surface area contributed by atoms with E-state index in [-0.39, 0.29) is 5.92 Å². The van der Waals surface area contributed by atoms with Gasteiger partial charge in [0.25, 0.3) is 0 Å². The number of aromatic amines is 1. The summed E-state index contributed by atoms with van der Waals surface area (Å²) in [6.45, 7) is 1.84. The lowest BCUT2D eigenvalue weighted by Crippen LogP contribution is -2.46. The number of nitrogens with one attached hydrogen (secondary N) is 2. The van der Waals surface area contributed by atoms with Crippen LogP contribution in [0, 0.1) is 5.92 Å². The van der Waals surface area contributed by atoms with E-state index in [4.69, 9.17) is 4.74 Å². The van der Waals surface area contributed by atoms with Crippen LogP contribution in [0.3, 0.4) is 0 Å². The summed E-state index contributed by atoms with van der Waals surface area (Å²) >= 11 is 3.30. The Hall–Kier alpha value is -2.65. The van der Waals surface area contributed by atoms with Gasteiger partial charge in [-0.25, -0.2) is 9.97 Å². The molecular formula is C21H21N5O2S2. The topological polar surface area (TPSA) is 83.1 Å². The van der Waals surface area contributed by atoms with E-state index in [9.17, 15) is 4.79 Å². The first-order valence-corrected chi connectivity index (χ1v) is 11.8. The van der Waals surface area contributed by atoms with Crippen molar-refractivity contribution in [1.29, 1.82) is 0 Å². The molecule has 3 aromatic heterocycles. The van der Waals surface area contributed by atoms with Gasteiger partial charge in [-0.2, -0.15) is 0 Å². The van der Waals surface area contributed by atoms with Crippen molar-refractivity contribution in [2.45, 2.75) is 25.7 Å². The first-order valence-electron chi connectivity index (χ1n) is 10.2. The highest BCUT2D eigenvalue weighted by atomic mass is 32.1. The molecule has 0 spiro atoms. The van der Waals surface area contributed by atoms with Crippen LogP contribution in [-0.2, 0) is 17.6 Å². The summed E-state index contributed by atoms with van der Waals surface area (Å²) in [6, 6.07) is 4.09. The number of amides is 1. The Balaban J connectivity index is 1.36. The maximum Gasteiger partial charge on any atom is 0.226 e. The number of carbonyl (C=O) groups excluding carboxylic acids is 1. The standard InChI is InChI=1S/C21H21N5O2S2/c1-28-15-8-14-17(30-25-14)9-13(15)24-19-18-12-4-3-11(21(27)26-5-2-6-26)7-16(12)29-20(18)23-10-22-19/h8-11,25H,2-7H2,1H3,(H,22,23,24)/t11-/m0/s1. The normalized spacial score (nSPS) is 18.4. The van der Waals surface area contributed by atoms with Crippen LogP contribution in [0.1, 0.15) is 23.3 Å². The number of likely N-dealkylation sites (tertiary alicyclic amines) is 1. The van der Waals surface area contributed by atoms with E-state index in [1.807, 2.05) is 11.0 Å². The SMILES string of the molecule is COc1cc2[nH]sc2cc1Nc1ncnc2sc3c(c12)CC[C@H](C(=O)N1CCC1)C3. The van der Waals surface area contributed by atoms with Crippen LogP contribution >= 0.6 is 22.9 Å². The van der Waals surface area contributed by atoms with Crippen molar-refractivity contribution in [1.82, 2.24) is 19.2 Å². The number of rotatable bonds is 4. The molecule has 1 amide bonds. The number of thiophene rings is 1. The van der Waals surface area contributed by atoms with Crippen molar-refractivity contribution in [3.8, 4) is 5.75 Å². The van der Waals surface area contributed by atoms with E-state index in [2.05, 4.69) is 25.7 Å². The molecule has 1 atom stereocenters. The number of aryl methyl sites for hydroxylation is 1. The van der Waals surface area contributed by atoms with E-state index in [0.717, 1.165) is 71.8 Å². The Morgan fingerprint density at radius 3 is 2.97 bits per heavy atom. The second-order valence-corrected chi connectivity index (χ2v) is 9.83. The number of hydrogen-bond donors (Lipinski definition) is 2. The molecule has 9 heteroatoms. The molecule has 0 radical (unpaired) electrons. The quantitative estimate of drug-likeness (QED) is 0.495. The van der Waals surface area contributed by atoms with Gasteiger partial charge in [0.2, 0.25) is 5.91 Å². The highest BCUT2D eigenvalue weighted by Crippen LogP contribution is 2.42. The van der Waals surface area contributed by atoms with Crippen LogP contribution in [0.5, 0.6) is 5.75 Å². The van der Waals surface area contributed by atoms with Crippen LogP contribution in [0.25, 0.3) is 20.4 Å². The van der Waals surface area contributed by atoms with Crippen LogP contribution in [0.15, 0.2) is 18.5 Å². The van der Waals surface area contributed by atoms with E-state index < -0.39 is 0 Å². The molecule has 1 aliphatic carbocycles. The average Bonchev–Trinajstić information content (AvgIpc) is 3.07. The zero-order chi connectivity index (χ0) is 20.2. The van der Waals surface area contributed by atoms with Gasteiger partial charge in [0.1, 0.15) is 22.7 Å². The molecule has 1 fully saturated rings. The fourth-order valence-electron chi connectivity index (χ4n) is 4.39. The van der Waals surface area contributed by atoms with Gasteiger partial charge in [-0.1, -0.05) is 11.5 Å². The molecule has 4 aromatic rings. The average molecular weight is 440 g/mol. The highest BCUT2D eigenvalue weighted by molar-refractivity contribution is 7.19. The predicted molar refractivity (Wildman–Crippen MR) is 120 cm³/mol. The third kappa shape index (κ3) is 2.79. The van der Waals surface area contributed by atoms with Crippen LogP contribution < -0.4 is 10.1 Å². The zero-order valence-electron chi connectivity index (χ0n) is 16.5. The van der Waals surface area contributed by atoms with Crippen molar-refractivity contribution in [2.75, 3.05) is 25.5 Å². The second-order valence-electron chi connectivity index (χ2n) is 7.90. The number of hydrogen-bond acceptors (Lipinski definition) is 7. The fraction of sp³-hybridized carbons (Fsp3) is 0.381. The highest BCUT2D eigenvalue weighted by Gasteiger charge is 2.33. The lowest BCUT2D eigenvalue weighted by Gasteiger charge is -2.35. The first kappa shape index (κ1) is 18.1. The van der Waals surface area contributed by atoms with E-state index >= 15 is 0 Å². The number of methoxy groups -OCH3 is 1. The maximum atomic E-state index is 12.7. The first-order chi connectivity index (χ1) is 14.7. The van der Waals surface area contributed by atoms with Crippen LogP contribution in [0.4, 0.5) is 11.5 Å². The third-order valence-electron chi connectivity index (χ3n) is 6.19. The number of anilines is 2. The number of ether oxygens (including phenoxy) is 1. The molecule has 1 saturated heterocycles. The van der Waals surface area contributed by atoms with Crippen molar-refractivity contribution in [3.05, 3.63) is 28.9 Å². The molecular weight excluding hydrogens is 418 g/mol. The minimum atomic E-state index is 0.104. The lowest BCUT2D eigenvalue weighted by molar-refractivity contribution is -0.139. The Morgan fingerprint density at radius 2 is 2.23 bits per heavy atom. The number of H-pyrrole nitrogens is 1. The van der Waals surface area contributed by atoms with Crippen molar-refractivity contribution in [3.63, 3.8) is 0 Å². The third-order valence-corrected chi connectivity index (χ3v) is 8.23. The molecule has 0 bridgehead atoms. The van der Waals surface area contributed by atoms with E-state index in [1.54, 1.807) is 36.3 Å². The second kappa shape index (κ2) is 6.95. The molecule has 4 heterocycles. The summed E-state index contributed by atoms with van der Waals surface area (Å²) in [5, 5.41) is 4.58. The van der Waals surface area contributed by atoms with Gasteiger partial charge in [-0.05, 0) is 37.3 Å².